The van der Waals surface area contributed by atoms with Crippen LogP contribution in [0.15, 0.2) is 18.2 Å². The number of halogens is 2. The van der Waals surface area contributed by atoms with Gasteiger partial charge in [-0.15, -0.1) is 0 Å². The van der Waals surface area contributed by atoms with Gasteiger partial charge in [-0.05, 0) is 31.0 Å². The normalized spacial score (nSPS) is 18.4. The minimum atomic E-state index is -1.06. The van der Waals surface area contributed by atoms with Crippen LogP contribution >= 0.6 is 0 Å². The molecule has 2 aliphatic heterocycles. The van der Waals surface area contributed by atoms with Crippen molar-refractivity contribution in [1.29, 1.82) is 0 Å². The minimum Gasteiger partial charge on any atom is -0.338 e. The van der Waals surface area contributed by atoms with Crippen molar-refractivity contribution in [3.05, 3.63) is 35.4 Å². The number of benzene rings is 1. The maximum absolute atomic E-state index is 13.3. The summed E-state index contributed by atoms with van der Waals surface area (Å²) >= 11 is 0. The van der Waals surface area contributed by atoms with E-state index >= 15 is 0 Å². The molecular weight excluding hydrogens is 356 g/mol. The van der Waals surface area contributed by atoms with E-state index in [9.17, 15) is 23.2 Å². The Kier molecular flexibility index (Phi) is 6.03. The molecule has 146 valence electrons. The average Bonchev–Trinajstić information content (AvgIpc) is 2.88. The van der Waals surface area contributed by atoms with Gasteiger partial charge in [0.2, 0.25) is 11.8 Å². The molecule has 2 fully saturated rings. The third-order valence-corrected chi connectivity index (χ3v) is 5.08. The van der Waals surface area contributed by atoms with Gasteiger partial charge in [0.15, 0.2) is 11.6 Å². The van der Waals surface area contributed by atoms with Crippen molar-refractivity contribution in [2.75, 3.05) is 39.3 Å². The van der Waals surface area contributed by atoms with Gasteiger partial charge >= 0.3 is 0 Å². The predicted molar refractivity (Wildman–Crippen MR) is 93.9 cm³/mol. The topological polar surface area (TPSA) is 60.9 Å². The predicted octanol–water partition coefficient (Wildman–Crippen LogP) is 1.65. The van der Waals surface area contributed by atoms with Crippen LogP contribution in [0.3, 0.4) is 0 Å². The summed E-state index contributed by atoms with van der Waals surface area (Å²) in [5, 5.41) is 0. The molecule has 27 heavy (non-hydrogen) atoms. The summed E-state index contributed by atoms with van der Waals surface area (Å²) < 4.78 is 26.3. The molecule has 0 radical (unpaired) electrons. The van der Waals surface area contributed by atoms with E-state index in [-0.39, 0.29) is 29.8 Å². The number of rotatable bonds is 3. The fraction of sp³-hybridized carbons (Fsp3) is 0.526. The highest BCUT2D eigenvalue weighted by atomic mass is 19.2. The first-order valence-electron chi connectivity index (χ1n) is 9.25. The van der Waals surface area contributed by atoms with Crippen molar-refractivity contribution in [2.24, 2.45) is 0 Å². The molecule has 2 aliphatic rings. The standard InChI is InChI=1S/C19H23F2N3O3/c20-15-6-5-14(12-16(15)21)19(27)23-10-8-22(9-11-23)18(26)13-24-7-3-1-2-4-17(24)25/h5-6,12H,1-4,7-11,13H2. The zero-order valence-electron chi connectivity index (χ0n) is 15.1. The maximum Gasteiger partial charge on any atom is 0.254 e. The lowest BCUT2D eigenvalue weighted by atomic mass is 10.1. The highest BCUT2D eigenvalue weighted by molar-refractivity contribution is 5.94. The monoisotopic (exact) mass is 379 g/mol. The van der Waals surface area contributed by atoms with Gasteiger partial charge in [0.25, 0.3) is 5.91 Å². The second-order valence-corrected chi connectivity index (χ2v) is 6.93. The van der Waals surface area contributed by atoms with Crippen LogP contribution in [0.5, 0.6) is 0 Å². The molecule has 0 atom stereocenters. The number of carbonyl (C=O) groups is 3. The summed E-state index contributed by atoms with van der Waals surface area (Å²) in [6, 6.07) is 3.07. The zero-order valence-corrected chi connectivity index (χ0v) is 15.1. The van der Waals surface area contributed by atoms with Gasteiger partial charge in [0.1, 0.15) is 0 Å². The number of piperazine rings is 1. The van der Waals surface area contributed by atoms with Gasteiger partial charge in [0, 0.05) is 44.7 Å². The molecule has 6 nitrogen and oxygen atoms in total. The van der Waals surface area contributed by atoms with Crippen LogP contribution in [0, 0.1) is 11.6 Å². The van der Waals surface area contributed by atoms with E-state index in [0.29, 0.717) is 39.1 Å². The van der Waals surface area contributed by atoms with Crippen molar-refractivity contribution in [3.8, 4) is 0 Å². The summed E-state index contributed by atoms with van der Waals surface area (Å²) in [6.45, 7) is 2.04. The molecule has 3 amide bonds. The van der Waals surface area contributed by atoms with E-state index < -0.39 is 11.6 Å². The van der Waals surface area contributed by atoms with Gasteiger partial charge in [-0.25, -0.2) is 8.78 Å². The number of likely N-dealkylation sites (tertiary alicyclic amines) is 1. The summed E-state index contributed by atoms with van der Waals surface area (Å²) in [6.07, 6.45) is 3.27. The van der Waals surface area contributed by atoms with Gasteiger partial charge < -0.3 is 14.7 Å². The second kappa shape index (κ2) is 8.45. The molecule has 0 spiro atoms. The van der Waals surface area contributed by atoms with Crippen LogP contribution in [0.2, 0.25) is 0 Å². The molecule has 0 saturated carbocycles. The highest BCUT2D eigenvalue weighted by Crippen LogP contribution is 2.14. The molecule has 0 unspecified atom stereocenters. The van der Waals surface area contributed by atoms with E-state index in [1.54, 1.807) is 9.80 Å². The smallest absolute Gasteiger partial charge is 0.254 e. The fourth-order valence-corrected chi connectivity index (χ4v) is 3.44. The van der Waals surface area contributed by atoms with Crippen LogP contribution in [0.4, 0.5) is 8.78 Å². The maximum atomic E-state index is 13.3. The molecule has 8 heteroatoms. The fourth-order valence-electron chi connectivity index (χ4n) is 3.44. The third-order valence-electron chi connectivity index (χ3n) is 5.08. The van der Waals surface area contributed by atoms with E-state index in [1.807, 2.05) is 0 Å². The molecule has 1 aromatic carbocycles. The SMILES string of the molecule is O=C(CN1CCCCCC1=O)N1CCN(C(=O)c2ccc(F)c(F)c2)CC1. The Hall–Kier alpha value is -2.51. The van der Waals surface area contributed by atoms with Crippen LogP contribution in [-0.4, -0.2) is 71.7 Å². The summed E-state index contributed by atoms with van der Waals surface area (Å²) in [5.41, 5.74) is 0.0869. The Balaban J connectivity index is 1.53. The van der Waals surface area contributed by atoms with Crippen LogP contribution in [-0.2, 0) is 9.59 Å². The molecule has 2 saturated heterocycles. The Morgan fingerprint density at radius 3 is 2.30 bits per heavy atom. The summed E-state index contributed by atoms with van der Waals surface area (Å²) in [7, 11) is 0. The third kappa shape index (κ3) is 4.61. The first-order valence-corrected chi connectivity index (χ1v) is 9.25. The van der Waals surface area contributed by atoms with E-state index in [2.05, 4.69) is 0 Å². The molecular formula is C19H23F2N3O3. The highest BCUT2D eigenvalue weighted by Gasteiger charge is 2.27. The van der Waals surface area contributed by atoms with Gasteiger partial charge in [-0.1, -0.05) is 6.42 Å². The van der Waals surface area contributed by atoms with Gasteiger partial charge in [-0.2, -0.15) is 0 Å². The average molecular weight is 379 g/mol. The van der Waals surface area contributed by atoms with Crippen molar-refractivity contribution in [1.82, 2.24) is 14.7 Å². The number of carbonyl (C=O) groups excluding carboxylic acids is 3. The molecule has 0 N–H and O–H groups in total. The van der Waals surface area contributed by atoms with Crippen LogP contribution in [0.25, 0.3) is 0 Å². The lowest BCUT2D eigenvalue weighted by Crippen LogP contribution is -2.53. The molecule has 2 heterocycles. The largest absolute Gasteiger partial charge is 0.338 e. The van der Waals surface area contributed by atoms with Crippen molar-refractivity contribution in [2.45, 2.75) is 25.7 Å². The van der Waals surface area contributed by atoms with Crippen molar-refractivity contribution >= 4 is 17.7 Å². The summed E-state index contributed by atoms with van der Waals surface area (Å²) in [4.78, 5) is 41.7. The second-order valence-electron chi connectivity index (χ2n) is 6.93. The zero-order chi connectivity index (χ0) is 19.4. The summed E-state index contributed by atoms with van der Waals surface area (Å²) in [5.74, 6) is -2.54. The van der Waals surface area contributed by atoms with E-state index in [4.69, 9.17) is 0 Å². The van der Waals surface area contributed by atoms with Gasteiger partial charge in [0.05, 0.1) is 6.54 Å². The molecule has 0 bridgehead atoms. The van der Waals surface area contributed by atoms with Crippen LogP contribution < -0.4 is 0 Å². The Bertz CT molecular complexity index is 733. The molecule has 0 aliphatic carbocycles. The Morgan fingerprint density at radius 2 is 1.59 bits per heavy atom. The lowest BCUT2D eigenvalue weighted by Gasteiger charge is -2.35. The number of hydrogen-bond donors (Lipinski definition) is 0. The van der Waals surface area contributed by atoms with Gasteiger partial charge in [-0.3, -0.25) is 14.4 Å². The first-order chi connectivity index (χ1) is 13.0. The van der Waals surface area contributed by atoms with Crippen molar-refractivity contribution < 1.29 is 23.2 Å². The lowest BCUT2D eigenvalue weighted by molar-refractivity contribution is -0.141. The number of hydrogen-bond acceptors (Lipinski definition) is 3. The van der Waals surface area contributed by atoms with E-state index in [1.165, 1.54) is 11.0 Å². The number of nitrogens with zero attached hydrogens (tertiary/aromatic N) is 3. The van der Waals surface area contributed by atoms with E-state index in [0.717, 1.165) is 31.4 Å². The molecule has 0 aromatic heterocycles. The molecule has 1 aromatic rings. The quantitative estimate of drug-likeness (QED) is 0.802. The first kappa shape index (κ1) is 19.3. The Labute approximate surface area is 156 Å². The minimum absolute atomic E-state index is 0.0213. The number of amides is 3. The van der Waals surface area contributed by atoms with Crippen molar-refractivity contribution in [3.63, 3.8) is 0 Å². The Morgan fingerprint density at radius 1 is 0.889 bits per heavy atom. The van der Waals surface area contributed by atoms with Crippen LogP contribution in [0.1, 0.15) is 36.0 Å². The molecule has 3 rings (SSSR count).